The van der Waals surface area contributed by atoms with Gasteiger partial charge in [0, 0.05) is 11.6 Å². The van der Waals surface area contributed by atoms with E-state index in [0.717, 1.165) is 24.0 Å². The van der Waals surface area contributed by atoms with Crippen LogP contribution < -0.4 is 0 Å². The maximum atomic E-state index is 14.6. The van der Waals surface area contributed by atoms with Crippen LogP contribution in [0.2, 0.25) is 0 Å². The number of benzene rings is 2. The molecule has 158 valence electrons. The van der Waals surface area contributed by atoms with Crippen molar-refractivity contribution in [2.45, 2.75) is 71.6 Å². The van der Waals surface area contributed by atoms with E-state index < -0.39 is 17.5 Å². The zero-order valence-electron chi connectivity index (χ0n) is 17.7. The van der Waals surface area contributed by atoms with E-state index in [4.69, 9.17) is 0 Å². The van der Waals surface area contributed by atoms with Gasteiger partial charge in [0.1, 0.15) is 17.5 Å². The van der Waals surface area contributed by atoms with Crippen LogP contribution >= 0.6 is 0 Å². The predicted molar refractivity (Wildman–Crippen MR) is 114 cm³/mol. The van der Waals surface area contributed by atoms with E-state index in [1.807, 2.05) is 6.07 Å². The van der Waals surface area contributed by atoms with Crippen LogP contribution in [-0.2, 0) is 6.42 Å². The second-order valence-corrected chi connectivity index (χ2v) is 8.93. The molecule has 0 aliphatic heterocycles. The number of rotatable bonds is 8. The minimum absolute atomic E-state index is 0.237. The van der Waals surface area contributed by atoms with Crippen molar-refractivity contribution < 1.29 is 13.2 Å². The van der Waals surface area contributed by atoms with E-state index in [9.17, 15) is 13.2 Å². The molecule has 2 aromatic rings. The lowest BCUT2D eigenvalue weighted by Crippen LogP contribution is -2.21. The van der Waals surface area contributed by atoms with Crippen molar-refractivity contribution >= 4 is 0 Å². The molecule has 0 amide bonds. The SMILES string of the molecule is CCCCCC1CCC(C(C)Cc2ccc(-c3cc(F)cc(F)c3)c(F)c2)CC1. The van der Waals surface area contributed by atoms with Crippen LogP contribution in [0, 0.1) is 35.2 Å². The zero-order valence-corrected chi connectivity index (χ0v) is 17.7. The molecule has 0 saturated heterocycles. The minimum Gasteiger partial charge on any atom is -0.207 e. The topological polar surface area (TPSA) is 0 Å². The summed E-state index contributed by atoms with van der Waals surface area (Å²) in [7, 11) is 0. The lowest BCUT2D eigenvalue weighted by molar-refractivity contribution is 0.204. The monoisotopic (exact) mass is 402 g/mol. The van der Waals surface area contributed by atoms with Crippen molar-refractivity contribution in [3.63, 3.8) is 0 Å². The first-order valence-electron chi connectivity index (χ1n) is 11.2. The van der Waals surface area contributed by atoms with Crippen molar-refractivity contribution in [1.82, 2.24) is 0 Å². The third-order valence-corrected chi connectivity index (χ3v) is 6.68. The number of unbranched alkanes of at least 4 members (excludes halogenated alkanes) is 2. The third kappa shape index (κ3) is 6.10. The van der Waals surface area contributed by atoms with Crippen molar-refractivity contribution in [3.8, 4) is 11.1 Å². The van der Waals surface area contributed by atoms with Gasteiger partial charge in [-0.05, 0) is 66.3 Å². The van der Waals surface area contributed by atoms with Crippen molar-refractivity contribution in [2.24, 2.45) is 17.8 Å². The molecule has 1 saturated carbocycles. The first-order chi connectivity index (χ1) is 14.0. The van der Waals surface area contributed by atoms with Crippen LogP contribution in [0.3, 0.4) is 0 Å². The Bertz CT molecular complexity index is 770. The van der Waals surface area contributed by atoms with Gasteiger partial charge >= 0.3 is 0 Å². The van der Waals surface area contributed by atoms with Gasteiger partial charge in [-0.1, -0.05) is 64.5 Å². The molecule has 0 heterocycles. The average molecular weight is 403 g/mol. The van der Waals surface area contributed by atoms with E-state index in [1.165, 1.54) is 69.6 Å². The lowest BCUT2D eigenvalue weighted by Gasteiger charge is -2.32. The third-order valence-electron chi connectivity index (χ3n) is 6.68. The first-order valence-corrected chi connectivity index (χ1v) is 11.2. The van der Waals surface area contributed by atoms with Crippen LogP contribution in [0.25, 0.3) is 11.1 Å². The Balaban J connectivity index is 1.57. The van der Waals surface area contributed by atoms with Crippen molar-refractivity contribution in [3.05, 3.63) is 59.4 Å². The summed E-state index contributed by atoms with van der Waals surface area (Å²) in [6.07, 6.45) is 11.4. The normalized spacial score (nSPS) is 20.6. The van der Waals surface area contributed by atoms with Gasteiger partial charge in [0.25, 0.3) is 0 Å². The molecule has 0 spiro atoms. The van der Waals surface area contributed by atoms with Crippen molar-refractivity contribution in [1.29, 1.82) is 0 Å². The van der Waals surface area contributed by atoms with Gasteiger partial charge in [-0.15, -0.1) is 0 Å². The maximum Gasteiger partial charge on any atom is 0.131 e. The fourth-order valence-corrected chi connectivity index (χ4v) is 4.90. The molecule has 0 N–H and O–H groups in total. The highest BCUT2D eigenvalue weighted by Gasteiger charge is 2.25. The van der Waals surface area contributed by atoms with Crippen LogP contribution in [0.5, 0.6) is 0 Å². The Morgan fingerprint density at radius 3 is 2.21 bits per heavy atom. The molecule has 1 aliphatic carbocycles. The second-order valence-electron chi connectivity index (χ2n) is 8.93. The van der Waals surface area contributed by atoms with Gasteiger partial charge in [0.05, 0.1) is 0 Å². The summed E-state index contributed by atoms with van der Waals surface area (Å²) in [5.74, 6) is 0.318. The molecule has 0 nitrogen and oxygen atoms in total. The lowest BCUT2D eigenvalue weighted by atomic mass is 9.73. The van der Waals surface area contributed by atoms with E-state index >= 15 is 0 Å². The molecule has 2 aromatic carbocycles. The van der Waals surface area contributed by atoms with E-state index in [1.54, 1.807) is 6.07 Å². The smallest absolute Gasteiger partial charge is 0.131 e. The molecule has 3 rings (SSSR count). The second kappa shape index (κ2) is 10.3. The predicted octanol–water partition coefficient (Wildman–Crippen LogP) is 8.34. The highest BCUT2D eigenvalue weighted by molar-refractivity contribution is 5.64. The molecule has 1 aliphatic rings. The number of hydrogen-bond donors (Lipinski definition) is 0. The molecule has 0 bridgehead atoms. The summed E-state index contributed by atoms with van der Waals surface area (Å²) >= 11 is 0. The average Bonchev–Trinajstić information content (AvgIpc) is 2.68. The summed E-state index contributed by atoms with van der Waals surface area (Å²) < 4.78 is 41.6. The quantitative estimate of drug-likeness (QED) is 0.389. The Labute approximate surface area is 173 Å². The summed E-state index contributed by atoms with van der Waals surface area (Å²) in [6, 6.07) is 8.22. The summed E-state index contributed by atoms with van der Waals surface area (Å²) in [5.41, 5.74) is 1.44. The molecular weight excluding hydrogens is 369 g/mol. The van der Waals surface area contributed by atoms with Gasteiger partial charge in [-0.2, -0.15) is 0 Å². The summed E-state index contributed by atoms with van der Waals surface area (Å²) in [6.45, 7) is 4.53. The summed E-state index contributed by atoms with van der Waals surface area (Å²) in [4.78, 5) is 0. The fourth-order valence-electron chi connectivity index (χ4n) is 4.90. The van der Waals surface area contributed by atoms with Crippen molar-refractivity contribution in [2.75, 3.05) is 0 Å². The Morgan fingerprint density at radius 2 is 1.59 bits per heavy atom. The maximum absolute atomic E-state index is 14.6. The standard InChI is InChI=1S/C26H33F3/c1-3-4-5-6-19-7-10-21(11-8-19)18(2)13-20-9-12-25(26(29)14-20)22-15-23(27)17-24(28)16-22/h9,12,14-19,21H,3-8,10-11,13H2,1-2H3. The van der Waals surface area contributed by atoms with Crippen LogP contribution in [0.15, 0.2) is 36.4 Å². The van der Waals surface area contributed by atoms with Gasteiger partial charge in [-0.3, -0.25) is 0 Å². The first kappa shape index (κ1) is 21.9. The Hall–Kier alpha value is -1.77. The highest BCUT2D eigenvalue weighted by atomic mass is 19.1. The van der Waals surface area contributed by atoms with Crippen LogP contribution in [0.1, 0.15) is 70.8 Å². The molecule has 1 fully saturated rings. The summed E-state index contributed by atoms with van der Waals surface area (Å²) in [5, 5.41) is 0. The van der Waals surface area contributed by atoms with E-state index in [0.29, 0.717) is 11.8 Å². The zero-order chi connectivity index (χ0) is 20.8. The minimum atomic E-state index is -0.692. The largest absolute Gasteiger partial charge is 0.207 e. The molecule has 0 aromatic heterocycles. The fraction of sp³-hybridized carbons (Fsp3) is 0.538. The molecule has 1 unspecified atom stereocenters. The van der Waals surface area contributed by atoms with Gasteiger partial charge in [-0.25, -0.2) is 13.2 Å². The van der Waals surface area contributed by atoms with E-state index in [2.05, 4.69) is 13.8 Å². The number of halogens is 3. The van der Waals surface area contributed by atoms with Crippen LogP contribution in [0.4, 0.5) is 13.2 Å². The molecule has 3 heteroatoms. The van der Waals surface area contributed by atoms with Crippen LogP contribution in [-0.4, -0.2) is 0 Å². The molecular formula is C26H33F3. The molecule has 0 radical (unpaired) electrons. The van der Waals surface area contributed by atoms with Gasteiger partial charge < -0.3 is 0 Å². The van der Waals surface area contributed by atoms with E-state index in [-0.39, 0.29) is 11.1 Å². The molecule has 29 heavy (non-hydrogen) atoms. The molecule has 1 atom stereocenters. The number of hydrogen-bond acceptors (Lipinski definition) is 0. The Morgan fingerprint density at radius 1 is 0.897 bits per heavy atom. The van der Waals surface area contributed by atoms with Gasteiger partial charge in [0.15, 0.2) is 0 Å². The Kier molecular flexibility index (Phi) is 7.80. The highest BCUT2D eigenvalue weighted by Crippen LogP contribution is 2.37. The van der Waals surface area contributed by atoms with Gasteiger partial charge in [0.2, 0.25) is 0 Å².